The number of nitrogens with zero attached hydrogens (tertiary/aromatic N) is 2. The van der Waals surface area contributed by atoms with Gasteiger partial charge in [0.25, 0.3) is 0 Å². The second kappa shape index (κ2) is 8.13. The van der Waals surface area contributed by atoms with Crippen LogP contribution in [0.3, 0.4) is 0 Å². The molecule has 140 valence electrons. The molecule has 3 aromatic rings. The molecule has 0 radical (unpaired) electrons. The third kappa shape index (κ3) is 4.22. The van der Waals surface area contributed by atoms with Crippen molar-refractivity contribution in [3.63, 3.8) is 0 Å². The van der Waals surface area contributed by atoms with Gasteiger partial charge in [0, 0.05) is 19.2 Å². The summed E-state index contributed by atoms with van der Waals surface area (Å²) >= 11 is 1.31. The molecule has 0 saturated carbocycles. The molecule has 2 heterocycles. The standard InChI is InChI=1S/C19H20N4O3S/c1-4-26-19(25)16-11(2)15-17(21-10-22-18(15)27-16)20-9-13-5-7-14(8-6-13)23-12(3)24/h5-8,10H,4,9H2,1-3H3,(H,23,24)(H,20,21,22). The van der Waals surface area contributed by atoms with Crippen LogP contribution in [-0.2, 0) is 16.1 Å². The SMILES string of the molecule is CCOC(=O)c1sc2ncnc(NCc3ccc(NC(C)=O)cc3)c2c1C. The minimum atomic E-state index is -0.336. The zero-order chi connectivity index (χ0) is 19.4. The van der Waals surface area contributed by atoms with Crippen molar-refractivity contribution in [2.45, 2.75) is 27.3 Å². The number of anilines is 2. The van der Waals surface area contributed by atoms with Crippen molar-refractivity contribution < 1.29 is 14.3 Å². The van der Waals surface area contributed by atoms with Gasteiger partial charge in [-0.2, -0.15) is 0 Å². The average molecular weight is 384 g/mol. The molecule has 0 aliphatic heterocycles. The van der Waals surface area contributed by atoms with E-state index in [0.29, 0.717) is 23.8 Å². The molecule has 0 fully saturated rings. The summed E-state index contributed by atoms with van der Waals surface area (Å²) < 4.78 is 5.12. The summed E-state index contributed by atoms with van der Waals surface area (Å²) in [4.78, 5) is 33.1. The zero-order valence-electron chi connectivity index (χ0n) is 15.3. The number of amides is 1. The normalized spacial score (nSPS) is 10.6. The van der Waals surface area contributed by atoms with Crippen molar-refractivity contribution in [3.8, 4) is 0 Å². The molecule has 7 nitrogen and oxygen atoms in total. The number of thiophene rings is 1. The van der Waals surface area contributed by atoms with Crippen molar-refractivity contribution in [1.29, 1.82) is 0 Å². The molecule has 0 atom stereocenters. The van der Waals surface area contributed by atoms with Crippen molar-refractivity contribution in [1.82, 2.24) is 9.97 Å². The lowest BCUT2D eigenvalue weighted by atomic mass is 10.2. The third-order valence-corrected chi connectivity index (χ3v) is 5.10. The second-order valence-corrected chi connectivity index (χ2v) is 6.91. The first-order valence-electron chi connectivity index (χ1n) is 8.51. The molecule has 8 heteroatoms. The van der Waals surface area contributed by atoms with Gasteiger partial charge in [0.1, 0.15) is 21.9 Å². The Morgan fingerprint density at radius 1 is 1.19 bits per heavy atom. The number of aryl methyl sites for hydroxylation is 1. The quantitative estimate of drug-likeness (QED) is 0.629. The summed E-state index contributed by atoms with van der Waals surface area (Å²) in [5.41, 5.74) is 2.61. The van der Waals surface area contributed by atoms with Crippen LogP contribution in [0.25, 0.3) is 10.2 Å². The molecule has 2 aromatic heterocycles. The number of carbonyl (C=O) groups excluding carboxylic acids is 2. The number of aromatic nitrogens is 2. The highest BCUT2D eigenvalue weighted by atomic mass is 32.1. The number of nitrogens with one attached hydrogen (secondary N) is 2. The lowest BCUT2D eigenvalue weighted by Crippen LogP contribution is -2.06. The highest BCUT2D eigenvalue weighted by molar-refractivity contribution is 7.20. The van der Waals surface area contributed by atoms with Gasteiger partial charge < -0.3 is 15.4 Å². The number of esters is 1. The Balaban J connectivity index is 1.80. The number of fused-ring (bicyclic) bond motifs is 1. The molecule has 0 unspecified atom stereocenters. The first kappa shape index (κ1) is 18.8. The molecule has 3 rings (SSSR count). The van der Waals surface area contributed by atoms with Gasteiger partial charge in [-0.25, -0.2) is 14.8 Å². The lowest BCUT2D eigenvalue weighted by Gasteiger charge is -2.08. The van der Waals surface area contributed by atoms with Crippen molar-refractivity contribution >= 4 is 44.9 Å². The van der Waals surface area contributed by atoms with E-state index >= 15 is 0 Å². The fraction of sp³-hybridized carbons (Fsp3) is 0.263. The molecule has 1 aromatic carbocycles. The molecule has 0 saturated heterocycles. The number of hydrogen-bond acceptors (Lipinski definition) is 7. The first-order chi connectivity index (χ1) is 13.0. The van der Waals surface area contributed by atoms with Gasteiger partial charge in [0.05, 0.1) is 12.0 Å². The number of ether oxygens (including phenoxy) is 1. The van der Waals surface area contributed by atoms with Crippen LogP contribution < -0.4 is 10.6 Å². The van der Waals surface area contributed by atoms with E-state index < -0.39 is 0 Å². The topological polar surface area (TPSA) is 93.2 Å². The summed E-state index contributed by atoms with van der Waals surface area (Å²) in [6.45, 7) is 6.02. The van der Waals surface area contributed by atoms with E-state index in [0.717, 1.165) is 27.0 Å². The highest BCUT2D eigenvalue weighted by Gasteiger charge is 2.20. The zero-order valence-corrected chi connectivity index (χ0v) is 16.1. The Morgan fingerprint density at radius 3 is 2.59 bits per heavy atom. The van der Waals surface area contributed by atoms with Crippen LogP contribution in [0.4, 0.5) is 11.5 Å². The molecule has 0 aliphatic carbocycles. The van der Waals surface area contributed by atoms with Crippen LogP contribution >= 0.6 is 11.3 Å². The van der Waals surface area contributed by atoms with E-state index in [-0.39, 0.29) is 11.9 Å². The van der Waals surface area contributed by atoms with E-state index in [9.17, 15) is 9.59 Å². The Bertz CT molecular complexity index is 983. The number of carbonyl (C=O) groups is 2. The Hall–Kier alpha value is -3.00. The molecule has 27 heavy (non-hydrogen) atoms. The Labute approximate surface area is 160 Å². The van der Waals surface area contributed by atoms with Crippen LogP contribution in [0.5, 0.6) is 0 Å². The van der Waals surface area contributed by atoms with Gasteiger partial charge in [-0.05, 0) is 37.1 Å². The monoisotopic (exact) mass is 384 g/mol. The van der Waals surface area contributed by atoms with E-state index in [2.05, 4.69) is 20.6 Å². The fourth-order valence-electron chi connectivity index (χ4n) is 2.69. The van der Waals surface area contributed by atoms with Gasteiger partial charge >= 0.3 is 5.97 Å². The van der Waals surface area contributed by atoms with Crippen LogP contribution in [-0.4, -0.2) is 28.5 Å². The van der Waals surface area contributed by atoms with Crippen molar-refractivity contribution in [2.75, 3.05) is 17.2 Å². The summed E-state index contributed by atoms with van der Waals surface area (Å²) in [5, 5.41) is 6.88. The molecule has 0 bridgehead atoms. The predicted molar refractivity (Wildman–Crippen MR) is 106 cm³/mol. The van der Waals surface area contributed by atoms with Gasteiger partial charge in [0.15, 0.2) is 0 Å². The summed E-state index contributed by atoms with van der Waals surface area (Å²) in [7, 11) is 0. The molecular formula is C19H20N4O3S. The lowest BCUT2D eigenvalue weighted by molar-refractivity contribution is -0.114. The highest BCUT2D eigenvalue weighted by Crippen LogP contribution is 2.33. The van der Waals surface area contributed by atoms with Crippen LogP contribution in [0.1, 0.15) is 34.6 Å². The average Bonchev–Trinajstić information content (AvgIpc) is 2.98. The smallest absolute Gasteiger partial charge is 0.348 e. The second-order valence-electron chi connectivity index (χ2n) is 5.91. The predicted octanol–water partition coefficient (Wildman–Crippen LogP) is 3.75. The van der Waals surface area contributed by atoms with Gasteiger partial charge in [0.2, 0.25) is 5.91 Å². The molecule has 1 amide bonds. The summed E-state index contributed by atoms with van der Waals surface area (Å²) in [6, 6.07) is 7.56. The largest absolute Gasteiger partial charge is 0.462 e. The maximum atomic E-state index is 12.1. The molecule has 2 N–H and O–H groups in total. The summed E-state index contributed by atoms with van der Waals surface area (Å²) in [6.07, 6.45) is 1.48. The van der Waals surface area contributed by atoms with E-state index in [1.54, 1.807) is 6.92 Å². The fourth-order valence-corrected chi connectivity index (χ4v) is 3.73. The van der Waals surface area contributed by atoms with Crippen LogP contribution in [0, 0.1) is 6.92 Å². The van der Waals surface area contributed by atoms with Crippen LogP contribution in [0.15, 0.2) is 30.6 Å². The van der Waals surface area contributed by atoms with Gasteiger partial charge in [-0.1, -0.05) is 12.1 Å². The van der Waals surface area contributed by atoms with Crippen molar-refractivity contribution in [2.24, 2.45) is 0 Å². The third-order valence-electron chi connectivity index (χ3n) is 3.92. The number of hydrogen-bond donors (Lipinski definition) is 2. The van der Waals surface area contributed by atoms with E-state index in [4.69, 9.17) is 4.74 Å². The van der Waals surface area contributed by atoms with Gasteiger partial charge in [-0.15, -0.1) is 11.3 Å². The minimum Gasteiger partial charge on any atom is -0.462 e. The van der Waals surface area contributed by atoms with E-state index in [1.807, 2.05) is 31.2 Å². The Morgan fingerprint density at radius 2 is 1.93 bits per heavy atom. The first-order valence-corrected chi connectivity index (χ1v) is 9.32. The van der Waals surface area contributed by atoms with Crippen molar-refractivity contribution in [3.05, 3.63) is 46.6 Å². The molecule has 0 aliphatic rings. The summed E-state index contributed by atoms with van der Waals surface area (Å²) in [5.74, 6) is 0.238. The van der Waals surface area contributed by atoms with Crippen LogP contribution in [0.2, 0.25) is 0 Å². The van der Waals surface area contributed by atoms with E-state index in [1.165, 1.54) is 24.6 Å². The molecule has 0 spiro atoms. The van der Waals surface area contributed by atoms with Gasteiger partial charge in [-0.3, -0.25) is 4.79 Å². The minimum absolute atomic E-state index is 0.102. The maximum Gasteiger partial charge on any atom is 0.348 e. The Kier molecular flexibility index (Phi) is 5.66. The number of benzene rings is 1. The molecular weight excluding hydrogens is 364 g/mol. The number of rotatable bonds is 6. The maximum absolute atomic E-state index is 12.1.